The molecule has 98 valence electrons. The number of amides is 1. The van der Waals surface area contributed by atoms with Gasteiger partial charge in [0.25, 0.3) is 0 Å². The zero-order chi connectivity index (χ0) is 13.6. The molecule has 0 aromatic rings. The van der Waals surface area contributed by atoms with E-state index in [9.17, 15) is 4.79 Å². The second-order valence-corrected chi connectivity index (χ2v) is 5.01. The van der Waals surface area contributed by atoms with Crippen LogP contribution in [-0.4, -0.2) is 18.2 Å². The summed E-state index contributed by atoms with van der Waals surface area (Å²) in [5.74, 6) is 0.154. The summed E-state index contributed by atoms with van der Waals surface area (Å²) >= 11 is 5.99. The van der Waals surface area contributed by atoms with Crippen LogP contribution in [0.4, 0.5) is 4.79 Å². The first-order chi connectivity index (χ1) is 7.79. The maximum absolute atomic E-state index is 11.6. The second kappa shape index (κ2) is 7.38. The van der Waals surface area contributed by atoms with Gasteiger partial charge in [0, 0.05) is 11.1 Å². The first-order valence-electron chi connectivity index (χ1n) is 5.75. The highest BCUT2D eigenvalue weighted by Crippen LogP contribution is 2.22. The van der Waals surface area contributed by atoms with Crippen molar-refractivity contribution in [2.75, 3.05) is 0 Å². The molecule has 0 aliphatic rings. The van der Waals surface area contributed by atoms with E-state index in [1.807, 2.05) is 34.6 Å². The molecule has 0 aromatic heterocycles. The van der Waals surface area contributed by atoms with E-state index in [0.717, 1.165) is 5.57 Å². The van der Waals surface area contributed by atoms with Crippen LogP contribution in [0.25, 0.3) is 0 Å². The molecule has 4 heteroatoms. The van der Waals surface area contributed by atoms with Crippen molar-refractivity contribution in [3.8, 4) is 0 Å². The summed E-state index contributed by atoms with van der Waals surface area (Å²) in [6.45, 7) is 13.2. The normalized spacial score (nSPS) is 14.4. The quantitative estimate of drug-likeness (QED) is 0.762. The van der Waals surface area contributed by atoms with Crippen molar-refractivity contribution in [3.05, 3.63) is 23.3 Å². The second-order valence-electron chi connectivity index (χ2n) is 4.60. The molecule has 0 radical (unpaired) electrons. The van der Waals surface area contributed by atoms with Crippen molar-refractivity contribution in [1.82, 2.24) is 5.32 Å². The average Bonchev–Trinajstić information content (AvgIpc) is 2.22. The van der Waals surface area contributed by atoms with Crippen LogP contribution in [0.5, 0.6) is 0 Å². The molecule has 0 saturated heterocycles. The molecule has 17 heavy (non-hydrogen) atoms. The zero-order valence-electron chi connectivity index (χ0n) is 11.2. The van der Waals surface area contributed by atoms with E-state index in [1.54, 1.807) is 6.08 Å². The monoisotopic (exact) mass is 259 g/mol. The van der Waals surface area contributed by atoms with Crippen molar-refractivity contribution in [3.63, 3.8) is 0 Å². The number of nitrogens with one attached hydrogen (secondary N) is 1. The summed E-state index contributed by atoms with van der Waals surface area (Å²) in [6.07, 6.45) is 0.793. The predicted molar refractivity (Wildman–Crippen MR) is 72.1 cm³/mol. The largest absolute Gasteiger partial charge is 0.441 e. The molecule has 1 N–H and O–H groups in total. The Balaban J connectivity index is 4.78. The van der Waals surface area contributed by atoms with Gasteiger partial charge in [0.2, 0.25) is 0 Å². The lowest BCUT2D eigenvalue weighted by molar-refractivity contribution is 0.0893. The van der Waals surface area contributed by atoms with Gasteiger partial charge in [-0.25, -0.2) is 4.79 Å². The summed E-state index contributed by atoms with van der Waals surface area (Å²) in [4.78, 5) is 11.6. The van der Waals surface area contributed by atoms with Crippen LogP contribution in [-0.2, 0) is 4.74 Å². The Labute approximate surface area is 109 Å². The lowest BCUT2D eigenvalue weighted by atomic mass is 10.00. The van der Waals surface area contributed by atoms with Crippen molar-refractivity contribution in [2.24, 2.45) is 5.92 Å². The van der Waals surface area contributed by atoms with Gasteiger partial charge in [-0.05, 0) is 32.3 Å². The van der Waals surface area contributed by atoms with Crippen LogP contribution in [0, 0.1) is 5.92 Å². The van der Waals surface area contributed by atoms with Crippen LogP contribution in [0.2, 0.25) is 0 Å². The predicted octanol–water partition coefficient (Wildman–Crippen LogP) is 3.84. The van der Waals surface area contributed by atoms with E-state index >= 15 is 0 Å². The van der Waals surface area contributed by atoms with Gasteiger partial charge in [-0.1, -0.05) is 38.1 Å². The van der Waals surface area contributed by atoms with Gasteiger partial charge in [0.05, 0.1) is 0 Å². The van der Waals surface area contributed by atoms with Gasteiger partial charge in [-0.15, -0.1) is 0 Å². The number of carbonyl (C=O) groups excluding carboxylic acids is 1. The Morgan fingerprint density at radius 2 is 1.88 bits per heavy atom. The third-order valence-corrected chi connectivity index (χ3v) is 2.68. The van der Waals surface area contributed by atoms with Gasteiger partial charge in [0.1, 0.15) is 6.10 Å². The first-order valence-corrected chi connectivity index (χ1v) is 6.13. The zero-order valence-corrected chi connectivity index (χ0v) is 12.0. The van der Waals surface area contributed by atoms with Crippen molar-refractivity contribution < 1.29 is 9.53 Å². The summed E-state index contributed by atoms with van der Waals surface area (Å²) in [6, 6.07) is 0.0504. The molecule has 1 unspecified atom stereocenters. The standard InChI is InChI=1S/C13H22ClNO2/c1-7-11(14)10(6)12(8(2)3)17-13(16)15-9(4)5/h7-9,12H,1H2,2-6H3,(H,15,16). The fourth-order valence-electron chi connectivity index (χ4n) is 1.41. The molecule has 0 fully saturated rings. The van der Waals surface area contributed by atoms with Gasteiger partial charge in [0.15, 0.2) is 0 Å². The van der Waals surface area contributed by atoms with Crippen LogP contribution in [0.1, 0.15) is 34.6 Å². The van der Waals surface area contributed by atoms with E-state index in [0.29, 0.717) is 5.03 Å². The molecule has 3 nitrogen and oxygen atoms in total. The number of rotatable bonds is 5. The summed E-state index contributed by atoms with van der Waals surface area (Å²) < 4.78 is 5.37. The number of carbonyl (C=O) groups is 1. The van der Waals surface area contributed by atoms with Crippen LogP contribution in [0.15, 0.2) is 23.3 Å². The van der Waals surface area contributed by atoms with Gasteiger partial charge >= 0.3 is 6.09 Å². The summed E-state index contributed by atoms with van der Waals surface area (Å²) in [5.41, 5.74) is 0.815. The SMILES string of the molecule is C=CC(Cl)=C(C)C(OC(=O)NC(C)C)C(C)C. The molecular formula is C13H22ClNO2. The Bertz CT molecular complexity index is 309. The summed E-state index contributed by atoms with van der Waals surface area (Å²) in [5, 5.41) is 3.22. The first kappa shape index (κ1) is 16.0. The van der Waals surface area contributed by atoms with Gasteiger partial charge in [-0.2, -0.15) is 0 Å². The fraction of sp³-hybridized carbons (Fsp3) is 0.615. The molecule has 0 heterocycles. The lowest BCUT2D eigenvalue weighted by Crippen LogP contribution is -2.36. The molecular weight excluding hydrogens is 238 g/mol. The molecule has 1 atom stereocenters. The smallest absolute Gasteiger partial charge is 0.407 e. The minimum Gasteiger partial charge on any atom is -0.441 e. The molecule has 0 aliphatic heterocycles. The number of allylic oxidation sites excluding steroid dienone is 2. The molecule has 0 saturated carbocycles. The third kappa shape index (κ3) is 5.78. The number of ether oxygens (including phenoxy) is 1. The topological polar surface area (TPSA) is 38.3 Å². The number of hydrogen-bond donors (Lipinski definition) is 1. The Kier molecular flexibility index (Phi) is 6.97. The highest BCUT2D eigenvalue weighted by atomic mass is 35.5. The van der Waals surface area contributed by atoms with Crippen molar-refractivity contribution in [2.45, 2.75) is 46.8 Å². The van der Waals surface area contributed by atoms with Crippen molar-refractivity contribution >= 4 is 17.7 Å². The van der Waals surface area contributed by atoms with E-state index in [-0.39, 0.29) is 18.1 Å². The van der Waals surface area contributed by atoms with E-state index in [2.05, 4.69) is 11.9 Å². The molecule has 0 rings (SSSR count). The lowest BCUT2D eigenvalue weighted by Gasteiger charge is -2.23. The van der Waals surface area contributed by atoms with E-state index in [4.69, 9.17) is 16.3 Å². The van der Waals surface area contributed by atoms with Crippen molar-refractivity contribution in [1.29, 1.82) is 0 Å². The molecule has 0 aliphatic carbocycles. The minimum absolute atomic E-state index is 0.0504. The van der Waals surface area contributed by atoms with E-state index in [1.165, 1.54) is 0 Å². The molecule has 1 amide bonds. The number of alkyl carbamates (subject to hydrolysis) is 1. The Hall–Kier alpha value is -0.960. The van der Waals surface area contributed by atoms with Gasteiger partial charge in [-0.3, -0.25) is 0 Å². The van der Waals surface area contributed by atoms with Crippen LogP contribution in [0.3, 0.4) is 0 Å². The molecule has 0 spiro atoms. The molecule has 0 aromatic carbocycles. The average molecular weight is 260 g/mol. The fourth-order valence-corrected chi connectivity index (χ4v) is 1.51. The maximum atomic E-state index is 11.6. The maximum Gasteiger partial charge on any atom is 0.407 e. The summed E-state index contributed by atoms with van der Waals surface area (Å²) in [7, 11) is 0. The number of hydrogen-bond acceptors (Lipinski definition) is 2. The third-order valence-electron chi connectivity index (χ3n) is 2.23. The van der Waals surface area contributed by atoms with Crippen LogP contribution >= 0.6 is 11.6 Å². The highest BCUT2D eigenvalue weighted by Gasteiger charge is 2.22. The van der Waals surface area contributed by atoms with Gasteiger partial charge < -0.3 is 10.1 Å². The number of halogens is 1. The van der Waals surface area contributed by atoms with Crippen LogP contribution < -0.4 is 5.32 Å². The van der Waals surface area contributed by atoms with E-state index < -0.39 is 6.09 Å². The highest BCUT2D eigenvalue weighted by molar-refractivity contribution is 6.31. The Morgan fingerprint density at radius 1 is 1.35 bits per heavy atom. The molecule has 0 bridgehead atoms. The Morgan fingerprint density at radius 3 is 2.24 bits per heavy atom. The minimum atomic E-state index is -0.424.